The molecule has 41 heavy (non-hydrogen) atoms. The Morgan fingerprint density at radius 2 is 1.68 bits per heavy atom. The quantitative estimate of drug-likeness (QED) is 0.317. The molecule has 1 aliphatic rings. The van der Waals surface area contributed by atoms with E-state index in [1.165, 1.54) is 29.2 Å². The molecular weight excluding hydrogens is 565 g/mol. The summed E-state index contributed by atoms with van der Waals surface area (Å²) in [5.74, 6) is -1.54. The molecule has 1 saturated carbocycles. The number of nitrogens with zero attached hydrogens (tertiary/aromatic N) is 2. The zero-order valence-corrected chi connectivity index (χ0v) is 24.8. The highest BCUT2D eigenvalue weighted by molar-refractivity contribution is 7.92. The van der Waals surface area contributed by atoms with Crippen molar-refractivity contribution in [3.8, 4) is 0 Å². The molecule has 0 aromatic heterocycles. The summed E-state index contributed by atoms with van der Waals surface area (Å²) in [7, 11) is -4.21. The maximum atomic E-state index is 14.7. The van der Waals surface area contributed by atoms with E-state index in [0.717, 1.165) is 42.0 Å². The minimum atomic E-state index is -4.21. The highest BCUT2D eigenvalue weighted by atomic mass is 35.5. The van der Waals surface area contributed by atoms with Crippen LogP contribution in [-0.2, 0) is 26.2 Å². The molecule has 0 saturated heterocycles. The summed E-state index contributed by atoms with van der Waals surface area (Å²) in [4.78, 5) is 28.6. The number of amides is 2. The van der Waals surface area contributed by atoms with Crippen LogP contribution in [0, 0.1) is 12.7 Å². The smallest absolute Gasteiger partial charge is 0.264 e. The molecule has 0 radical (unpaired) electrons. The molecular formula is C31H35ClFN3O4S. The molecule has 1 N–H and O–H groups in total. The van der Waals surface area contributed by atoms with Crippen LogP contribution < -0.4 is 9.62 Å². The van der Waals surface area contributed by atoms with Gasteiger partial charge >= 0.3 is 0 Å². The molecule has 2 amide bonds. The van der Waals surface area contributed by atoms with Gasteiger partial charge < -0.3 is 10.2 Å². The van der Waals surface area contributed by atoms with Crippen LogP contribution in [0.25, 0.3) is 0 Å². The Kier molecular flexibility index (Phi) is 10.0. The fourth-order valence-electron chi connectivity index (χ4n) is 4.96. The lowest BCUT2D eigenvalue weighted by atomic mass is 9.95. The zero-order chi connectivity index (χ0) is 29.6. The van der Waals surface area contributed by atoms with Gasteiger partial charge in [0.1, 0.15) is 18.4 Å². The minimum absolute atomic E-state index is 0.000352. The summed E-state index contributed by atoms with van der Waals surface area (Å²) in [6.45, 7) is 2.59. The molecule has 0 aliphatic heterocycles. The van der Waals surface area contributed by atoms with Crippen LogP contribution in [0.2, 0.25) is 5.02 Å². The van der Waals surface area contributed by atoms with Crippen LogP contribution in [0.4, 0.5) is 10.1 Å². The summed E-state index contributed by atoms with van der Waals surface area (Å²) >= 11 is 6.20. The SMILES string of the molecule is Cc1ccc(S(=O)(=O)N(CC(=O)N(Cc2ccccc2F)[C@H](C)C(=O)NC2CCCCC2)c2cccc(Cl)c2)cc1. The van der Waals surface area contributed by atoms with Crippen LogP contribution in [-0.4, -0.2) is 43.8 Å². The highest BCUT2D eigenvalue weighted by Crippen LogP contribution is 2.27. The largest absolute Gasteiger partial charge is 0.352 e. The third-order valence-electron chi connectivity index (χ3n) is 7.40. The van der Waals surface area contributed by atoms with Crippen molar-refractivity contribution in [1.29, 1.82) is 0 Å². The van der Waals surface area contributed by atoms with E-state index in [2.05, 4.69) is 5.32 Å². The standard InChI is InChI=1S/C31H35ClFN3O4S/c1-22-15-17-28(18-16-22)41(39,40)36(27-13-8-10-25(32)19-27)21-30(37)35(20-24-9-6-7-14-29(24)33)23(2)31(38)34-26-11-4-3-5-12-26/h6-10,13-19,23,26H,3-5,11-12,20-21H2,1-2H3,(H,34,38)/t23-/m1/s1. The topological polar surface area (TPSA) is 86.8 Å². The van der Waals surface area contributed by atoms with E-state index in [-0.39, 0.29) is 34.6 Å². The third-order valence-corrected chi connectivity index (χ3v) is 9.42. The van der Waals surface area contributed by atoms with Crippen LogP contribution in [0.5, 0.6) is 0 Å². The number of nitrogens with one attached hydrogen (secondary N) is 1. The number of hydrogen-bond acceptors (Lipinski definition) is 4. The maximum absolute atomic E-state index is 14.7. The zero-order valence-electron chi connectivity index (χ0n) is 23.2. The van der Waals surface area contributed by atoms with E-state index in [1.807, 2.05) is 6.92 Å². The number of sulfonamides is 1. The number of carbonyl (C=O) groups is 2. The Bertz CT molecular complexity index is 1480. The van der Waals surface area contributed by atoms with Gasteiger partial charge in [-0.15, -0.1) is 0 Å². The molecule has 3 aromatic carbocycles. The molecule has 1 atom stereocenters. The van der Waals surface area contributed by atoms with Gasteiger partial charge in [0.2, 0.25) is 11.8 Å². The molecule has 0 heterocycles. The average Bonchev–Trinajstić information content (AvgIpc) is 2.95. The molecule has 0 spiro atoms. The Morgan fingerprint density at radius 1 is 1.00 bits per heavy atom. The van der Waals surface area contributed by atoms with E-state index >= 15 is 0 Å². The molecule has 218 valence electrons. The predicted octanol–water partition coefficient (Wildman–Crippen LogP) is 5.85. The fourth-order valence-corrected chi connectivity index (χ4v) is 6.55. The number of aryl methyl sites for hydroxylation is 1. The van der Waals surface area contributed by atoms with Crippen molar-refractivity contribution in [2.45, 2.75) is 69.5 Å². The van der Waals surface area contributed by atoms with Crippen molar-refractivity contribution in [1.82, 2.24) is 10.2 Å². The first-order chi connectivity index (χ1) is 19.6. The van der Waals surface area contributed by atoms with Crippen molar-refractivity contribution >= 4 is 39.1 Å². The van der Waals surface area contributed by atoms with E-state index < -0.39 is 34.3 Å². The molecule has 3 aromatic rings. The van der Waals surface area contributed by atoms with Gasteiger partial charge in [-0.1, -0.05) is 72.8 Å². The Labute approximate surface area is 246 Å². The number of anilines is 1. The first-order valence-electron chi connectivity index (χ1n) is 13.7. The van der Waals surface area contributed by atoms with Gasteiger partial charge in [-0.3, -0.25) is 13.9 Å². The van der Waals surface area contributed by atoms with Gasteiger partial charge in [0.25, 0.3) is 10.0 Å². The first kappa shape index (κ1) is 30.5. The number of benzene rings is 3. The maximum Gasteiger partial charge on any atom is 0.264 e. The second kappa shape index (κ2) is 13.5. The monoisotopic (exact) mass is 599 g/mol. The van der Waals surface area contributed by atoms with Crippen molar-refractivity contribution in [3.05, 3.63) is 94.8 Å². The summed E-state index contributed by atoms with van der Waals surface area (Å²) in [6, 6.07) is 17.5. The van der Waals surface area contributed by atoms with Crippen LogP contribution >= 0.6 is 11.6 Å². The normalized spacial score (nSPS) is 14.7. The Morgan fingerprint density at radius 3 is 2.34 bits per heavy atom. The molecule has 7 nitrogen and oxygen atoms in total. The highest BCUT2D eigenvalue weighted by Gasteiger charge is 2.33. The van der Waals surface area contributed by atoms with E-state index in [9.17, 15) is 22.4 Å². The van der Waals surface area contributed by atoms with Crippen molar-refractivity contribution < 1.29 is 22.4 Å². The van der Waals surface area contributed by atoms with Gasteiger partial charge in [-0.05, 0) is 63.1 Å². The molecule has 0 bridgehead atoms. The van der Waals surface area contributed by atoms with Crippen LogP contribution in [0.1, 0.15) is 50.2 Å². The van der Waals surface area contributed by atoms with Gasteiger partial charge in [0, 0.05) is 23.2 Å². The first-order valence-corrected chi connectivity index (χ1v) is 15.6. The average molecular weight is 600 g/mol. The predicted molar refractivity (Wildman–Crippen MR) is 159 cm³/mol. The molecule has 10 heteroatoms. The van der Waals surface area contributed by atoms with Crippen molar-refractivity contribution in [3.63, 3.8) is 0 Å². The van der Waals surface area contributed by atoms with Gasteiger partial charge in [0.05, 0.1) is 10.6 Å². The second-order valence-electron chi connectivity index (χ2n) is 10.4. The van der Waals surface area contributed by atoms with Crippen molar-refractivity contribution in [2.24, 2.45) is 0 Å². The molecule has 0 unspecified atom stereocenters. The summed E-state index contributed by atoms with van der Waals surface area (Å²) in [6.07, 6.45) is 4.87. The van der Waals surface area contributed by atoms with Crippen LogP contribution in [0.3, 0.4) is 0 Å². The minimum Gasteiger partial charge on any atom is -0.352 e. The Balaban J connectivity index is 1.68. The molecule has 1 aliphatic carbocycles. The van der Waals surface area contributed by atoms with Crippen molar-refractivity contribution in [2.75, 3.05) is 10.8 Å². The lowest BCUT2D eigenvalue weighted by Gasteiger charge is -2.33. The molecule has 1 fully saturated rings. The lowest BCUT2D eigenvalue weighted by molar-refractivity contribution is -0.139. The summed E-state index contributed by atoms with van der Waals surface area (Å²) < 4.78 is 43.4. The number of halogens is 2. The number of hydrogen-bond donors (Lipinski definition) is 1. The molecule has 4 rings (SSSR count). The van der Waals surface area contributed by atoms with E-state index in [1.54, 1.807) is 55.5 Å². The second-order valence-corrected chi connectivity index (χ2v) is 12.7. The van der Waals surface area contributed by atoms with Gasteiger partial charge in [-0.2, -0.15) is 0 Å². The third kappa shape index (κ3) is 7.65. The van der Waals surface area contributed by atoms with Gasteiger partial charge in [-0.25, -0.2) is 12.8 Å². The number of carbonyl (C=O) groups excluding carboxylic acids is 2. The number of rotatable bonds is 10. The van der Waals surface area contributed by atoms with E-state index in [0.29, 0.717) is 5.02 Å². The van der Waals surface area contributed by atoms with Gasteiger partial charge in [0.15, 0.2) is 0 Å². The summed E-state index contributed by atoms with van der Waals surface area (Å²) in [5.41, 5.74) is 1.29. The summed E-state index contributed by atoms with van der Waals surface area (Å²) in [5, 5.41) is 3.33. The van der Waals surface area contributed by atoms with E-state index in [4.69, 9.17) is 11.6 Å². The van der Waals surface area contributed by atoms with Crippen LogP contribution in [0.15, 0.2) is 77.7 Å². The Hall–Kier alpha value is -3.43. The lowest BCUT2D eigenvalue weighted by Crippen LogP contribution is -2.53. The fraction of sp³-hybridized carbons (Fsp3) is 0.355.